The Morgan fingerprint density at radius 2 is 1.00 bits per heavy atom. The van der Waals surface area contributed by atoms with Gasteiger partial charge < -0.3 is 14.9 Å². The molecule has 0 atom stereocenters. The number of rotatable bonds is 2. The van der Waals surface area contributed by atoms with E-state index < -0.39 is 0 Å². The van der Waals surface area contributed by atoms with Crippen LogP contribution in [-0.4, -0.2) is 17.0 Å². The van der Waals surface area contributed by atoms with E-state index in [2.05, 4.69) is 121 Å². The SMILES string of the molecule is Cc1c[nH]c2ccc(-c3ccc4c(c3)Sc3cc(-c5ccc6[nH]cc(C)c6c5)ccc3N4C)cc12. The maximum atomic E-state index is 3.35. The number of aromatic nitrogens is 2. The summed E-state index contributed by atoms with van der Waals surface area (Å²) in [6, 6.07) is 27.1. The van der Waals surface area contributed by atoms with Crippen molar-refractivity contribution in [2.75, 3.05) is 11.9 Å². The molecule has 0 saturated heterocycles. The van der Waals surface area contributed by atoms with Crippen LogP contribution in [0.1, 0.15) is 11.1 Å². The van der Waals surface area contributed by atoms with E-state index in [0.717, 1.165) is 0 Å². The van der Waals surface area contributed by atoms with Gasteiger partial charge in [-0.1, -0.05) is 36.0 Å². The molecule has 6 aromatic rings. The molecule has 0 spiro atoms. The van der Waals surface area contributed by atoms with Crippen molar-refractivity contribution >= 4 is 44.9 Å². The Labute approximate surface area is 208 Å². The summed E-state index contributed by atoms with van der Waals surface area (Å²) in [5, 5.41) is 2.57. The van der Waals surface area contributed by atoms with Gasteiger partial charge >= 0.3 is 0 Å². The van der Waals surface area contributed by atoms with Gasteiger partial charge in [0, 0.05) is 51.0 Å². The lowest BCUT2D eigenvalue weighted by Crippen LogP contribution is -2.14. The summed E-state index contributed by atoms with van der Waals surface area (Å²) in [6.07, 6.45) is 4.16. The molecule has 0 fully saturated rings. The zero-order valence-corrected chi connectivity index (χ0v) is 20.8. The summed E-state index contributed by atoms with van der Waals surface area (Å²) in [5.74, 6) is 0. The monoisotopic (exact) mass is 471 g/mol. The van der Waals surface area contributed by atoms with Crippen LogP contribution < -0.4 is 4.90 Å². The Kier molecular flexibility index (Phi) is 4.42. The number of nitrogens with zero attached hydrogens (tertiary/aromatic N) is 1. The van der Waals surface area contributed by atoms with Crippen LogP contribution in [0.25, 0.3) is 44.1 Å². The molecule has 0 unspecified atom stereocenters. The van der Waals surface area contributed by atoms with Crippen LogP contribution in [-0.2, 0) is 0 Å². The highest BCUT2D eigenvalue weighted by Gasteiger charge is 2.22. The summed E-state index contributed by atoms with van der Waals surface area (Å²) in [4.78, 5) is 11.6. The van der Waals surface area contributed by atoms with Crippen molar-refractivity contribution in [3.05, 3.63) is 96.3 Å². The molecule has 2 aromatic heterocycles. The zero-order valence-electron chi connectivity index (χ0n) is 19.9. The number of fused-ring (bicyclic) bond motifs is 4. The highest BCUT2D eigenvalue weighted by molar-refractivity contribution is 7.99. The molecule has 170 valence electrons. The van der Waals surface area contributed by atoms with Gasteiger partial charge in [-0.3, -0.25) is 0 Å². The first kappa shape index (κ1) is 20.5. The van der Waals surface area contributed by atoms with E-state index in [1.54, 1.807) is 0 Å². The second-order valence-electron chi connectivity index (χ2n) is 9.49. The van der Waals surface area contributed by atoms with E-state index in [4.69, 9.17) is 0 Å². The van der Waals surface area contributed by atoms with Crippen LogP contribution in [0.15, 0.2) is 95.0 Å². The van der Waals surface area contributed by atoms with Crippen molar-refractivity contribution in [2.24, 2.45) is 0 Å². The standard InChI is InChI=1S/C31H25N3S/c1-18-16-32-26-8-4-20(12-24(18)26)22-6-10-28-30(14-22)35-31-15-23(7-11-29(31)34(28)3)21-5-9-27-25(13-21)19(2)17-33-27/h4-17,32-33H,1-3H3. The largest absolute Gasteiger partial charge is 0.361 e. The second-order valence-corrected chi connectivity index (χ2v) is 10.6. The third-order valence-corrected chi connectivity index (χ3v) is 8.40. The molecule has 4 heteroatoms. The minimum Gasteiger partial charge on any atom is -0.361 e. The van der Waals surface area contributed by atoms with Crippen LogP contribution in [0.4, 0.5) is 11.4 Å². The average Bonchev–Trinajstić information content (AvgIpc) is 3.45. The molecule has 0 bridgehead atoms. The summed E-state index contributed by atoms with van der Waals surface area (Å²) in [7, 11) is 2.17. The number of anilines is 2. The quantitative estimate of drug-likeness (QED) is 0.264. The molecule has 4 aromatic carbocycles. The number of nitrogens with one attached hydrogen (secondary N) is 2. The van der Waals surface area contributed by atoms with Crippen LogP contribution in [0.5, 0.6) is 0 Å². The fourth-order valence-electron chi connectivity index (χ4n) is 5.23. The lowest BCUT2D eigenvalue weighted by molar-refractivity contribution is 1.11. The lowest BCUT2D eigenvalue weighted by Gasteiger charge is -2.30. The van der Waals surface area contributed by atoms with Crippen molar-refractivity contribution in [1.29, 1.82) is 0 Å². The van der Waals surface area contributed by atoms with Crippen molar-refractivity contribution in [2.45, 2.75) is 23.6 Å². The fourth-order valence-corrected chi connectivity index (χ4v) is 6.46. The summed E-state index contributed by atoms with van der Waals surface area (Å²) in [5.41, 5.74) is 12.4. The summed E-state index contributed by atoms with van der Waals surface area (Å²) < 4.78 is 0. The van der Waals surface area contributed by atoms with Gasteiger partial charge in [-0.05, 0) is 95.8 Å². The van der Waals surface area contributed by atoms with Gasteiger partial charge in [-0.25, -0.2) is 0 Å². The highest BCUT2D eigenvalue weighted by atomic mass is 32.2. The van der Waals surface area contributed by atoms with Gasteiger partial charge in [0.1, 0.15) is 0 Å². The van der Waals surface area contributed by atoms with E-state index in [1.807, 2.05) is 11.8 Å². The molecule has 1 aliphatic heterocycles. The first-order valence-corrected chi connectivity index (χ1v) is 12.7. The Balaban J connectivity index is 1.28. The third-order valence-electron chi connectivity index (χ3n) is 7.31. The van der Waals surface area contributed by atoms with Crippen molar-refractivity contribution in [3.8, 4) is 22.3 Å². The van der Waals surface area contributed by atoms with Gasteiger partial charge in [0.05, 0.1) is 11.4 Å². The van der Waals surface area contributed by atoms with Gasteiger partial charge in [0.2, 0.25) is 0 Å². The minimum atomic E-state index is 1.19. The normalized spacial score (nSPS) is 12.8. The Hall–Kier alpha value is -3.89. The first-order chi connectivity index (χ1) is 17.0. The predicted molar refractivity (Wildman–Crippen MR) is 149 cm³/mol. The summed E-state index contributed by atoms with van der Waals surface area (Å²) in [6.45, 7) is 4.31. The third kappa shape index (κ3) is 3.21. The van der Waals surface area contributed by atoms with E-state index in [9.17, 15) is 0 Å². The summed E-state index contributed by atoms with van der Waals surface area (Å²) >= 11 is 1.87. The van der Waals surface area contributed by atoms with Gasteiger partial charge in [-0.15, -0.1) is 0 Å². The minimum absolute atomic E-state index is 1.19. The number of aryl methyl sites for hydroxylation is 2. The molecule has 0 aliphatic carbocycles. The Morgan fingerprint density at radius 3 is 1.49 bits per heavy atom. The molecular formula is C31H25N3S. The maximum absolute atomic E-state index is 3.35. The molecule has 7 rings (SSSR count). The fraction of sp³-hybridized carbons (Fsp3) is 0.0968. The van der Waals surface area contributed by atoms with E-state index in [-0.39, 0.29) is 0 Å². The molecule has 0 amide bonds. The van der Waals surface area contributed by atoms with Crippen molar-refractivity contribution in [3.63, 3.8) is 0 Å². The molecular weight excluding hydrogens is 446 g/mol. The topological polar surface area (TPSA) is 34.8 Å². The van der Waals surface area contributed by atoms with Crippen LogP contribution in [0.2, 0.25) is 0 Å². The smallest absolute Gasteiger partial charge is 0.0550 e. The number of H-pyrrole nitrogens is 2. The number of aromatic amines is 2. The average molecular weight is 472 g/mol. The van der Waals surface area contributed by atoms with E-state index in [1.165, 1.54) is 76.4 Å². The van der Waals surface area contributed by atoms with Gasteiger partial charge in [0.15, 0.2) is 0 Å². The molecule has 0 saturated carbocycles. The second kappa shape index (κ2) is 7.56. The maximum Gasteiger partial charge on any atom is 0.0550 e. The molecule has 3 heterocycles. The van der Waals surface area contributed by atoms with Crippen molar-refractivity contribution in [1.82, 2.24) is 9.97 Å². The molecule has 3 nitrogen and oxygen atoms in total. The van der Waals surface area contributed by atoms with Crippen molar-refractivity contribution < 1.29 is 0 Å². The Morgan fingerprint density at radius 1 is 0.571 bits per heavy atom. The van der Waals surface area contributed by atoms with E-state index in [0.29, 0.717) is 0 Å². The zero-order chi connectivity index (χ0) is 23.7. The number of hydrogen-bond acceptors (Lipinski definition) is 2. The molecule has 35 heavy (non-hydrogen) atoms. The molecule has 1 aliphatic rings. The van der Waals surface area contributed by atoms with Crippen LogP contribution in [0.3, 0.4) is 0 Å². The van der Waals surface area contributed by atoms with Gasteiger partial charge in [-0.2, -0.15) is 0 Å². The predicted octanol–water partition coefficient (Wildman–Crippen LogP) is 8.83. The number of hydrogen-bond donors (Lipinski definition) is 2. The Bertz CT molecular complexity index is 1640. The highest BCUT2D eigenvalue weighted by Crippen LogP contribution is 2.49. The molecule has 0 radical (unpaired) electrons. The van der Waals surface area contributed by atoms with Crippen LogP contribution in [0, 0.1) is 13.8 Å². The first-order valence-electron chi connectivity index (χ1n) is 11.9. The lowest BCUT2D eigenvalue weighted by atomic mass is 10.0. The van der Waals surface area contributed by atoms with Crippen LogP contribution >= 0.6 is 11.8 Å². The molecule has 2 N–H and O–H groups in total. The number of benzene rings is 4. The van der Waals surface area contributed by atoms with Gasteiger partial charge in [0.25, 0.3) is 0 Å². The van der Waals surface area contributed by atoms with E-state index >= 15 is 0 Å².